The van der Waals surface area contributed by atoms with Crippen molar-refractivity contribution in [3.05, 3.63) is 35.9 Å². The summed E-state index contributed by atoms with van der Waals surface area (Å²) >= 11 is 0. The van der Waals surface area contributed by atoms with Crippen LogP contribution in [0.5, 0.6) is 0 Å². The van der Waals surface area contributed by atoms with Crippen LogP contribution in [-0.2, 0) is 4.79 Å². The molecule has 0 spiro atoms. The SMILES string of the molecule is CCCCC(CC(=O)O)c1ccccc1. The molecule has 0 amide bonds. The van der Waals surface area contributed by atoms with Gasteiger partial charge in [0.25, 0.3) is 0 Å². The molecule has 0 saturated heterocycles. The zero-order valence-corrected chi connectivity index (χ0v) is 9.15. The monoisotopic (exact) mass is 206 g/mol. The van der Waals surface area contributed by atoms with Gasteiger partial charge >= 0.3 is 5.97 Å². The summed E-state index contributed by atoms with van der Waals surface area (Å²) in [6.07, 6.45) is 3.41. The van der Waals surface area contributed by atoms with Gasteiger partial charge in [-0.15, -0.1) is 0 Å². The molecular formula is C13H18O2. The van der Waals surface area contributed by atoms with E-state index in [1.54, 1.807) is 0 Å². The predicted octanol–water partition coefficient (Wildman–Crippen LogP) is 3.44. The largest absolute Gasteiger partial charge is 0.481 e. The molecular weight excluding hydrogens is 188 g/mol. The lowest BCUT2D eigenvalue weighted by Crippen LogP contribution is -2.06. The summed E-state index contributed by atoms with van der Waals surface area (Å²) in [4.78, 5) is 10.7. The highest BCUT2D eigenvalue weighted by Gasteiger charge is 2.14. The van der Waals surface area contributed by atoms with E-state index >= 15 is 0 Å². The molecule has 0 aliphatic carbocycles. The lowest BCUT2D eigenvalue weighted by Gasteiger charge is -2.14. The van der Waals surface area contributed by atoms with Crippen LogP contribution in [-0.4, -0.2) is 11.1 Å². The lowest BCUT2D eigenvalue weighted by atomic mass is 9.91. The van der Waals surface area contributed by atoms with Crippen molar-refractivity contribution in [2.75, 3.05) is 0 Å². The number of carbonyl (C=O) groups is 1. The first-order valence-electron chi connectivity index (χ1n) is 5.50. The van der Waals surface area contributed by atoms with Crippen molar-refractivity contribution in [2.24, 2.45) is 0 Å². The summed E-state index contributed by atoms with van der Waals surface area (Å²) < 4.78 is 0. The van der Waals surface area contributed by atoms with Crippen molar-refractivity contribution in [3.8, 4) is 0 Å². The van der Waals surface area contributed by atoms with E-state index in [1.807, 2.05) is 30.3 Å². The Bertz CT molecular complexity index is 293. The Morgan fingerprint density at radius 2 is 2.00 bits per heavy atom. The van der Waals surface area contributed by atoms with E-state index in [2.05, 4.69) is 6.92 Å². The molecule has 1 unspecified atom stereocenters. The van der Waals surface area contributed by atoms with Gasteiger partial charge in [0.05, 0.1) is 6.42 Å². The van der Waals surface area contributed by atoms with Crippen LogP contribution in [0.4, 0.5) is 0 Å². The average Bonchev–Trinajstić information content (AvgIpc) is 2.25. The van der Waals surface area contributed by atoms with Crippen LogP contribution in [0.1, 0.15) is 44.1 Å². The maximum atomic E-state index is 10.7. The number of hydrogen-bond donors (Lipinski definition) is 1. The second-order valence-electron chi connectivity index (χ2n) is 3.85. The maximum absolute atomic E-state index is 10.7. The molecule has 1 atom stereocenters. The first-order chi connectivity index (χ1) is 7.24. The van der Waals surface area contributed by atoms with Gasteiger partial charge in [-0.25, -0.2) is 0 Å². The van der Waals surface area contributed by atoms with Gasteiger partial charge in [0.1, 0.15) is 0 Å². The normalized spacial score (nSPS) is 12.3. The van der Waals surface area contributed by atoms with Crippen LogP contribution in [0.3, 0.4) is 0 Å². The van der Waals surface area contributed by atoms with E-state index in [0.717, 1.165) is 24.8 Å². The average molecular weight is 206 g/mol. The van der Waals surface area contributed by atoms with Crippen LogP contribution in [0.15, 0.2) is 30.3 Å². The minimum absolute atomic E-state index is 0.170. The fourth-order valence-electron chi connectivity index (χ4n) is 1.77. The summed E-state index contributed by atoms with van der Waals surface area (Å²) in [5.74, 6) is -0.538. The van der Waals surface area contributed by atoms with E-state index in [-0.39, 0.29) is 12.3 Å². The molecule has 0 bridgehead atoms. The minimum Gasteiger partial charge on any atom is -0.481 e. The molecule has 0 aliphatic heterocycles. The van der Waals surface area contributed by atoms with Crippen LogP contribution >= 0.6 is 0 Å². The van der Waals surface area contributed by atoms with Crippen molar-refractivity contribution < 1.29 is 9.90 Å². The lowest BCUT2D eigenvalue weighted by molar-refractivity contribution is -0.137. The third-order valence-electron chi connectivity index (χ3n) is 2.60. The van der Waals surface area contributed by atoms with Crippen molar-refractivity contribution in [2.45, 2.75) is 38.5 Å². The second-order valence-corrected chi connectivity index (χ2v) is 3.85. The standard InChI is InChI=1S/C13H18O2/c1-2-3-7-12(10-13(14)15)11-8-5-4-6-9-11/h4-6,8-9,12H,2-3,7,10H2,1H3,(H,14,15). The Morgan fingerprint density at radius 1 is 1.33 bits per heavy atom. The number of unbranched alkanes of at least 4 members (excludes halogenated alkanes) is 1. The van der Waals surface area contributed by atoms with Gasteiger partial charge in [0.2, 0.25) is 0 Å². The van der Waals surface area contributed by atoms with Crippen LogP contribution in [0, 0.1) is 0 Å². The topological polar surface area (TPSA) is 37.3 Å². The van der Waals surface area contributed by atoms with Crippen molar-refractivity contribution in [3.63, 3.8) is 0 Å². The summed E-state index contributed by atoms with van der Waals surface area (Å²) in [5, 5.41) is 8.84. The molecule has 1 rings (SSSR count). The summed E-state index contributed by atoms with van der Waals surface area (Å²) in [6, 6.07) is 9.93. The fourth-order valence-corrected chi connectivity index (χ4v) is 1.77. The zero-order chi connectivity index (χ0) is 11.1. The number of rotatable bonds is 6. The fraction of sp³-hybridized carbons (Fsp3) is 0.462. The summed E-state index contributed by atoms with van der Waals surface area (Å²) in [5.41, 5.74) is 1.15. The first-order valence-corrected chi connectivity index (χ1v) is 5.50. The molecule has 2 heteroatoms. The Morgan fingerprint density at radius 3 is 2.53 bits per heavy atom. The molecule has 0 heterocycles. The molecule has 0 radical (unpaired) electrons. The summed E-state index contributed by atoms with van der Waals surface area (Å²) in [6.45, 7) is 2.13. The zero-order valence-electron chi connectivity index (χ0n) is 9.15. The van der Waals surface area contributed by atoms with Crippen LogP contribution in [0.2, 0.25) is 0 Å². The van der Waals surface area contributed by atoms with Crippen LogP contribution in [0.25, 0.3) is 0 Å². The number of hydrogen-bond acceptors (Lipinski definition) is 1. The van der Waals surface area contributed by atoms with E-state index in [1.165, 1.54) is 0 Å². The quantitative estimate of drug-likeness (QED) is 0.774. The molecule has 1 N–H and O–H groups in total. The number of carboxylic acid groups (broad SMARTS) is 1. The van der Waals surface area contributed by atoms with Gasteiger partial charge in [0, 0.05) is 0 Å². The highest BCUT2D eigenvalue weighted by Crippen LogP contribution is 2.25. The van der Waals surface area contributed by atoms with Gasteiger partial charge in [-0.3, -0.25) is 4.79 Å². The maximum Gasteiger partial charge on any atom is 0.303 e. The highest BCUT2D eigenvalue weighted by molar-refractivity contribution is 5.68. The molecule has 0 fully saturated rings. The van der Waals surface area contributed by atoms with Crippen molar-refractivity contribution >= 4 is 5.97 Å². The van der Waals surface area contributed by atoms with Gasteiger partial charge < -0.3 is 5.11 Å². The van der Waals surface area contributed by atoms with E-state index in [4.69, 9.17) is 5.11 Å². The van der Waals surface area contributed by atoms with E-state index < -0.39 is 5.97 Å². The number of aliphatic carboxylic acids is 1. The third kappa shape index (κ3) is 4.15. The molecule has 0 saturated carbocycles. The number of benzene rings is 1. The molecule has 82 valence electrons. The minimum atomic E-state index is -0.708. The smallest absolute Gasteiger partial charge is 0.303 e. The van der Waals surface area contributed by atoms with Gasteiger partial charge in [0.15, 0.2) is 0 Å². The molecule has 0 aliphatic rings. The predicted molar refractivity (Wildman–Crippen MR) is 61.0 cm³/mol. The highest BCUT2D eigenvalue weighted by atomic mass is 16.4. The molecule has 1 aromatic rings. The van der Waals surface area contributed by atoms with Gasteiger partial charge in [-0.2, -0.15) is 0 Å². The van der Waals surface area contributed by atoms with Crippen molar-refractivity contribution in [1.82, 2.24) is 0 Å². The van der Waals surface area contributed by atoms with Gasteiger partial charge in [-0.05, 0) is 17.9 Å². The number of carboxylic acids is 1. The van der Waals surface area contributed by atoms with E-state index in [9.17, 15) is 4.79 Å². The Balaban J connectivity index is 2.67. The molecule has 1 aromatic carbocycles. The third-order valence-corrected chi connectivity index (χ3v) is 2.60. The second kappa shape index (κ2) is 6.23. The Kier molecular flexibility index (Phi) is 4.88. The Labute approximate surface area is 90.9 Å². The van der Waals surface area contributed by atoms with Crippen LogP contribution < -0.4 is 0 Å². The molecule has 15 heavy (non-hydrogen) atoms. The van der Waals surface area contributed by atoms with Gasteiger partial charge in [-0.1, -0.05) is 50.1 Å². The summed E-state index contributed by atoms with van der Waals surface area (Å²) in [7, 11) is 0. The Hall–Kier alpha value is -1.31. The molecule has 0 aromatic heterocycles. The molecule has 2 nitrogen and oxygen atoms in total. The first kappa shape index (κ1) is 11.8. The van der Waals surface area contributed by atoms with Crippen molar-refractivity contribution in [1.29, 1.82) is 0 Å². The van der Waals surface area contributed by atoms with E-state index in [0.29, 0.717) is 0 Å².